The van der Waals surface area contributed by atoms with Crippen molar-refractivity contribution >= 4 is 11.9 Å². The third-order valence-electron chi connectivity index (χ3n) is 4.59. The Labute approximate surface area is 147 Å². The van der Waals surface area contributed by atoms with Crippen molar-refractivity contribution in [3.63, 3.8) is 0 Å². The number of nitrogens with one attached hydrogen (secondary N) is 2. The molecule has 2 unspecified atom stereocenters. The van der Waals surface area contributed by atoms with Crippen LogP contribution < -0.4 is 10.6 Å². The van der Waals surface area contributed by atoms with Crippen molar-refractivity contribution in [1.29, 1.82) is 0 Å². The molecule has 1 heterocycles. The predicted molar refractivity (Wildman–Crippen MR) is 95.1 cm³/mol. The minimum atomic E-state index is -0.367. The average molecular weight is 338 g/mol. The Bertz CT molecular complexity index is 771. The fourth-order valence-corrected chi connectivity index (χ4v) is 3.06. The maximum atomic E-state index is 12.6. The van der Waals surface area contributed by atoms with Crippen LogP contribution in [0.2, 0.25) is 0 Å². The third kappa shape index (κ3) is 3.88. The molecule has 2 N–H and O–H groups in total. The molecule has 2 atom stereocenters. The van der Waals surface area contributed by atoms with Gasteiger partial charge in [0.15, 0.2) is 0 Å². The number of benzene rings is 2. The van der Waals surface area contributed by atoms with Crippen molar-refractivity contribution < 1.29 is 14.3 Å². The van der Waals surface area contributed by atoms with Crippen LogP contribution in [0.4, 0.5) is 0 Å². The monoisotopic (exact) mass is 338 g/mol. The molecular formula is C20H22N2O3. The summed E-state index contributed by atoms with van der Waals surface area (Å²) in [6, 6.07) is 14.9. The van der Waals surface area contributed by atoms with Gasteiger partial charge in [-0.3, -0.25) is 4.79 Å². The van der Waals surface area contributed by atoms with E-state index in [2.05, 4.69) is 22.8 Å². The molecule has 5 nitrogen and oxygen atoms in total. The maximum absolute atomic E-state index is 12.6. The second-order valence-corrected chi connectivity index (χ2v) is 6.25. The lowest BCUT2D eigenvalue weighted by Crippen LogP contribution is -2.48. The molecule has 2 aromatic carbocycles. The van der Waals surface area contributed by atoms with Crippen LogP contribution in [0.5, 0.6) is 0 Å². The zero-order valence-electron chi connectivity index (χ0n) is 14.4. The van der Waals surface area contributed by atoms with Gasteiger partial charge >= 0.3 is 5.97 Å². The Kier molecular flexibility index (Phi) is 5.14. The normalized spacial score (nSPS) is 17.3. The molecule has 0 bridgehead atoms. The number of amides is 1. The summed E-state index contributed by atoms with van der Waals surface area (Å²) in [5.74, 6) is -0.382. The molecule has 0 fully saturated rings. The van der Waals surface area contributed by atoms with E-state index in [4.69, 9.17) is 4.74 Å². The van der Waals surface area contributed by atoms with Crippen LogP contribution in [0.15, 0.2) is 48.5 Å². The van der Waals surface area contributed by atoms with Crippen LogP contribution in [0.1, 0.15) is 40.0 Å². The largest absolute Gasteiger partial charge is 0.465 e. The topological polar surface area (TPSA) is 67.4 Å². The van der Waals surface area contributed by atoms with E-state index in [0.717, 1.165) is 5.56 Å². The number of carbonyl (C=O) groups excluding carboxylic acids is 2. The van der Waals surface area contributed by atoms with Crippen molar-refractivity contribution in [3.8, 4) is 0 Å². The molecule has 0 spiro atoms. The Morgan fingerprint density at radius 2 is 1.80 bits per heavy atom. The van der Waals surface area contributed by atoms with Crippen LogP contribution in [0, 0.1) is 0 Å². The summed E-state index contributed by atoms with van der Waals surface area (Å²) in [5, 5.41) is 6.33. The number of fused-ring (bicyclic) bond motifs is 1. The number of ether oxygens (including phenoxy) is 1. The summed E-state index contributed by atoms with van der Waals surface area (Å²) >= 11 is 0. The van der Waals surface area contributed by atoms with Crippen molar-refractivity contribution in [2.24, 2.45) is 0 Å². The van der Waals surface area contributed by atoms with E-state index in [-0.39, 0.29) is 24.0 Å². The van der Waals surface area contributed by atoms with E-state index in [1.165, 1.54) is 18.2 Å². The van der Waals surface area contributed by atoms with Gasteiger partial charge in [-0.15, -0.1) is 0 Å². The minimum Gasteiger partial charge on any atom is -0.465 e. The number of hydrogen-bond donors (Lipinski definition) is 2. The summed E-state index contributed by atoms with van der Waals surface area (Å²) in [7, 11) is 1.36. The van der Waals surface area contributed by atoms with Crippen molar-refractivity contribution in [2.75, 3.05) is 7.11 Å². The average Bonchev–Trinajstić information content (AvgIpc) is 2.67. The van der Waals surface area contributed by atoms with Gasteiger partial charge in [-0.2, -0.15) is 0 Å². The minimum absolute atomic E-state index is 0.0148. The lowest BCUT2D eigenvalue weighted by molar-refractivity contribution is -0.124. The first-order chi connectivity index (χ1) is 12.1. The molecule has 0 saturated carbocycles. The van der Waals surface area contributed by atoms with Gasteiger partial charge in [0, 0.05) is 6.54 Å². The van der Waals surface area contributed by atoms with E-state index in [1.807, 2.05) is 31.2 Å². The number of carbonyl (C=O) groups is 2. The summed E-state index contributed by atoms with van der Waals surface area (Å²) in [5.41, 5.74) is 3.90. The zero-order valence-corrected chi connectivity index (χ0v) is 14.4. The van der Waals surface area contributed by atoms with Crippen molar-refractivity contribution in [2.45, 2.75) is 32.0 Å². The Hall–Kier alpha value is -2.66. The van der Waals surface area contributed by atoms with E-state index in [1.54, 1.807) is 12.1 Å². The molecular weight excluding hydrogens is 316 g/mol. The van der Waals surface area contributed by atoms with Gasteiger partial charge in [-0.25, -0.2) is 4.79 Å². The van der Waals surface area contributed by atoms with Gasteiger partial charge in [0.2, 0.25) is 5.91 Å². The SMILES string of the molecule is COC(=O)c1ccc(C(C)NC(=O)C2Cc3ccccc3CN2)cc1. The van der Waals surface area contributed by atoms with Gasteiger partial charge in [-0.1, -0.05) is 36.4 Å². The fraction of sp³-hybridized carbons (Fsp3) is 0.300. The molecule has 0 aromatic heterocycles. The first-order valence-electron chi connectivity index (χ1n) is 8.37. The van der Waals surface area contributed by atoms with Gasteiger partial charge in [0.25, 0.3) is 0 Å². The van der Waals surface area contributed by atoms with E-state index < -0.39 is 0 Å². The summed E-state index contributed by atoms with van der Waals surface area (Å²) in [6.07, 6.45) is 0.690. The van der Waals surface area contributed by atoms with Crippen LogP contribution in [-0.4, -0.2) is 25.0 Å². The Balaban J connectivity index is 1.62. The summed E-state index contributed by atoms with van der Waals surface area (Å²) in [6.45, 7) is 2.64. The first kappa shape index (κ1) is 17.2. The molecule has 1 aliphatic heterocycles. The van der Waals surface area contributed by atoms with E-state index in [9.17, 15) is 9.59 Å². The molecule has 0 saturated heterocycles. The zero-order chi connectivity index (χ0) is 17.8. The molecule has 130 valence electrons. The summed E-state index contributed by atoms with van der Waals surface area (Å²) in [4.78, 5) is 24.0. The van der Waals surface area contributed by atoms with Crippen LogP contribution >= 0.6 is 0 Å². The highest BCUT2D eigenvalue weighted by Crippen LogP contribution is 2.18. The second kappa shape index (κ2) is 7.49. The second-order valence-electron chi connectivity index (χ2n) is 6.25. The van der Waals surface area contributed by atoms with Crippen LogP contribution in [0.25, 0.3) is 0 Å². The highest BCUT2D eigenvalue weighted by atomic mass is 16.5. The highest BCUT2D eigenvalue weighted by molar-refractivity contribution is 5.89. The number of esters is 1. The quantitative estimate of drug-likeness (QED) is 0.840. The van der Waals surface area contributed by atoms with Gasteiger partial charge < -0.3 is 15.4 Å². The lowest BCUT2D eigenvalue weighted by atomic mass is 9.95. The molecule has 1 amide bonds. The smallest absolute Gasteiger partial charge is 0.337 e. The van der Waals surface area contributed by atoms with Crippen molar-refractivity contribution in [3.05, 3.63) is 70.8 Å². The number of rotatable bonds is 4. The Morgan fingerprint density at radius 1 is 1.12 bits per heavy atom. The van der Waals surface area contributed by atoms with E-state index in [0.29, 0.717) is 18.5 Å². The molecule has 2 aromatic rings. The Morgan fingerprint density at radius 3 is 2.48 bits per heavy atom. The fourth-order valence-electron chi connectivity index (χ4n) is 3.06. The van der Waals surface area contributed by atoms with Gasteiger partial charge in [0.05, 0.1) is 24.8 Å². The predicted octanol–water partition coefficient (Wildman–Crippen LogP) is 2.36. The number of hydrogen-bond acceptors (Lipinski definition) is 4. The maximum Gasteiger partial charge on any atom is 0.337 e. The van der Waals surface area contributed by atoms with E-state index >= 15 is 0 Å². The van der Waals surface area contributed by atoms with Gasteiger partial charge in [0.1, 0.15) is 0 Å². The first-order valence-corrected chi connectivity index (χ1v) is 8.37. The number of methoxy groups -OCH3 is 1. The molecule has 25 heavy (non-hydrogen) atoms. The molecule has 5 heteroatoms. The highest BCUT2D eigenvalue weighted by Gasteiger charge is 2.25. The molecule has 1 aliphatic rings. The summed E-state index contributed by atoms with van der Waals surface area (Å²) < 4.78 is 4.69. The van der Waals surface area contributed by atoms with Gasteiger partial charge in [-0.05, 0) is 42.2 Å². The molecule has 0 radical (unpaired) electrons. The van der Waals surface area contributed by atoms with Crippen LogP contribution in [0.3, 0.4) is 0 Å². The molecule has 3 rings (SSSR count). The third-order valence-corrected chi connectivity index (χ3v) is 4.59. The van der Waals surface area contributed by atoms with Crippen LogP contribution in [-0.2, 0) is 22.5 Å². The lowest BCUT2D eigenvalue weighted by Gasteiger charge is -2.26. The molecule has 0 aliphatic carbocycles. The van der Waals surface area contributed by atoms with Crippen molar-refractivity contribution in [1.82, 2.24) is 10.6 Å². The standard InChI is InChI=1S/C20H22N2O3/c1-13(14-7-9-15(10-8-14)20(24)25-2)22-19(23)18-11-16-5-3-4-6-17(16)12-21-18/h3-10,13,18,21H,11-12H2,1-2H3,(H,22,23).